The van der Waals surface area contributed by atoms with Gasteiger partial charge in [-0.15, -0.1) is 0 Å². The summed E-state index contributed by atoms with van der Waals surface area (Å²) in [5, 5.41) is 3.46. The van der Waals surface area contributed by atoms with Crippen molar-refractivity contribution in [2.75, 3.05) is 0 Å². The Morgan fingerprint density at radius 2 is 1.90 bits per heavy atom. The van der Waals surface area contributed by atoms with Crippen molar-refractivity contribution < 1.29 is 4.79 Å². The van der Waals surface area contributed by atoms with Gasteiger partial charge >= 0.3 is 0 Å². The van der Waals surface area contributed by atoms with Crippen LogP contribution in [0.25, 0.3) is 0 Å². The highest BCUT2D eigenvalue weighted by Crippen LogP contribution is 2.62. The molecule has 3 heteroatoms. The highest BCUT2D eigenvalue weighted by atomic mass is 16.2. The number of nitrogens with one attached hydrogen (secondary N) is 1. The molecule has 3 rings (SSSR count). The van der Waals surface area contributed by atoms with Gasteiger partial charge in [-0.25, -0.2) is 0 Å². The molecule has 0 aromatic heterocycles. The lowest BCUT2D eigenvalue weighted by Crippen LogP contribution is -2.54. The molecule has 0 aromatic rings. The first kappa shape index (κ1) is 15.3. The standard InChI is InChI=1S/C18H32N2O/c1-11-7-12(9-14(19)8-11)15(21)20-16-17(2,3)13-5-6-18(16,4)10-13/h11-14,16H,5-10,19H2,1-4H3,(H,20,21). The molecular formula is C18H32N2O. The summed E-state index contributed by atoms with van der Waals surface area (Å²) in [6.45, 7) is 9.30. The van der Waals surface area contributed by atoms with Crippen molar-refractivity contribution in [3.8, 4) is 0 Å². The fraction of sp³-hybridized carbons (Fsp3) is 0.944. The molecule has 21 heavy (non-hydrogen) atoms. The maximum Gasteiger partial charge on any atom is 0.223 e. The van der Waals surface area contributed by atoms with Crippen LogP contribution in [0.5, 0.6) is 0 Å². The molecule has 3 fully saturated rings. The minimum atomic E-state index is 0.127. The van der Waals surface area contributed by atoms with E-state index < -0.39 is 0 Å². The maximum atomic E-state index is 12.8. The summed E-state index contributed by atoms with van der Waals surface area (Å²) in [6.07, 6.45) is 6.83. The Balaban J connectivity index is 1.70. The molecule has 1 amide bonds. The van der Waals surface area contributed by atoms with Gasteiger partial charge in [-0.2, -0.15) is 0 Å². The zero-order valence-electron chi connectivity index (χ0n) is 14.1. The largest absolute Gasteiger partial charge is 0.352 e. The van der Waals surface area contributed by atoms with Crippen LogP contribution < -0.4 is 11.1 Å². The van der Waals surface area contributed by atoms with Crippen molar-refractivity contribution in [2.45, 2.75) is 78.3 Å². The van der Waals surface area contributed by atoms with E-state index in [0.717, 1.165) is 25.2 Å². The lowest BCUT2D eigenvalue weighted by atomic mass is 9.68. The SMILES string of the molecule is CC1CC(N)CC(C(=O)NC2C3(C)CCC(C3)C2(C)C)C1. The number of carbonyl (C=O) groups excluding carboxylic acids is 1. The third-order valence-corrected chi connectivity index (χ3v) is 6.91. The summed E-state index contributed by atoms with van der Waals surface area (Å²) in [5.41, 5.74) is 6.67. The Morgan fingerprint density at radius 1 is 1.19 bits per heavy atom. The second-order valence-electron chi connectivity index (χ2n) is 9.13. The molecule has 3 aliphatic rings. The Labute approximate surface area is 129 Å². The zero-order valence-corrected chi connectivity index (χ0v) is 14.1. The predicted molar refractivity (Wildman–Crippen MR) is 85.6 cm³/mol. The van der Waals surface area contributed by atoms with Crippen molar-refractivity contribution in [1.29, 1.82) is 0 Å². The summed E-state index contributed by atoms with van der Waals surface area (Å²) in [7, 11) is 0. The average Bonchev–Trinajstić information content (AvgIpc) is 2.84. The molecule has 2 bridgehead atoms. The van der Waals surface area contributed by atoms with E-state index in [1.165, 1.54) is 19.3 Å². The quantitative estimate of drug-likeness (QED) is 0.822. The summed E-state index contributed by atoms with van der Waals surface area (Å²) in [6, 6.07) is 0.540. The van der Waals surface area contributed by atoms with Crippen molar-refractivity contribution in [3.05, 3.63) is 0 Å². The van der Waals surface area contributed by atoms with E-state index in [9.17, 15) is 4.79 Å². The molecule has 0 aromatic carbocycles. The number of hydrogen-bond donors (Lipinski definition) is 2. The highest BCUT2D eigenvalue weighted by Gasteiger charge is 2.59. The number of carbonyl (C=O) groups is 1. The minimum absolute atomic E-state index is 0.127. The summed E-state index contributed by atoms with van der Waals surface area (Å²) in [5.74, 6) is 1.75. The van der Waals surface area contributed by atoms with E-state index in [4.69, 9.17) is 5.73 Å². The van der Waals surface area contributed by atoms with Crippen LogP contribution in [-0.4, -0.2) is 18.0 Å². The molecule has 6 atom stereocenters. The highest BCUT2D eigenvalue weighted by molar-refractivity contribution is 5.79. The molecule has 6 unspecified atom stereocenters. The van der Waals surface area contributed by atoms with E-state index in [1.54, 1.807) is 0 Å². The number of hydrogen-bond acceptors (Lipinski definition) is 2. The van der Waals surface area contributed by atoms with Crippen LogP contribution in [0.1, 0.15) is 66.2 Å². The first-order valence-electron chi connectivity index (χ1n) is 8.78. The predicted octanol–water partition coefficient (Wildman–Crippen LogP) is 3.08. The first-order valence-corrected chi connectivity index (χ1v) is 8.78. The molecule has 0 heterocycles. The van der Waals surface area contributed by atoms with Gasteiger partial charge in [0.05, 0.1) is 0 Å². The van der Waals surface area contributed by atoms with E-state index in [1.807, 2.05) is 0 Å². The molecule has 3 saturated carbocycles. The topological polar surface area (TPSA) is 55.1 Å². The summed E-state index contributed by atoms with van der Waals surface area (Å²) >= 11 is 0. The lowest BCUT2D eigenvalue weighted by Gasteiger charge is -2.44. The fourth-order valence-electron chi connectivity index (χ4n) is 5.79. The Kier molecular flexibility index (Phi) is 3.63. The molecule has 120 valence electrons. The molecule has 3 N–H and O–H groups in total. The van der Waals surface area contributed by atoms with Crippen LogP contribution in [0.3, 0.4) is 0 Å². The maximum absolute atomic E-state index is 12.8. The number of rotatable bonds is 2. The van der Waals surface area contributed by atoms with E-state index in [2.05, 4.69) is 33.0 Å². The van der Waals surface area contributed by atoms with Crippen LogP contribution in [0.15, 0.2) is 0 Å². The molecule has 0 spiro atoms. The summed E-state index contributed by atoms with van der Waals surface area (Å²) in [4.78, 5) is 12.8. The van der Waals surface area contributed by atoms with E-state index >= 15 is 0 Å². The monoisotopic (exact) mass is 292 g/mol. The normalized spacial score (nSPS) is 48.3. The van der Waals surface area contributed by atoms with Gasteiger partial charge in [0.15, 0.2) is 0 Å². The Morgan fingerprint density at radius 3 is 2.48 bits per heavy atom. The molecule has 0 saturated heterocycles. The van der Waals surface area contributed by atoms with Crippen LogP contribution in [-0.2, 0) is 4.79 Å². The average molecular weight is 292 g/mol. The number of amides is 1. The molecule has 3 nitrogen and oxygen atoms in total. The summed E-state index contributed by atoms with van der Waals surface area (Å²) < 4.78 is 0. The van der Waals surface area contributed by atoms with Gasteiger partial charge in [-0.05, 0) is 61.2 Å². The molecule has 3 aliphatic carbocycles. The molecular weight excluding hydrogens is 260 g/mol. The van der Waals surface area contributed by atoms with E-state index in [0.29, 0.717) is 17.4 Å². The van der Waals surface area contributed by atoms with Gasteiger partial charge in [-0.1, -0.05) is 27.7 Å². The third kappa shape index (κ3) is 2.52. The molecule has 0 radical (unpaired) electrons. The first-order chi connectivity index (χ1) is 9.72. The van der Waals surface area contributed by atoms with Gasteiger partial charge in [0, 0.05) is 18.0 Å². The van der Waals surface area contributed by atoms with Gasteiger partial charge in [0.2, 0.25) is 5.91 Å². The van der Waals surface area contributed by atoms with E-state index in [-0.39, 0.29) is 23.3 Å². The second-order valence-corrected chi connectivity index (χ2v) is 9.13. The Hall–Kier alpha value is -0.570. The fourth-order valence-corrected chi connectivity index (χ4v) is 5.79. The lowest BCUT2D eigenvalue weighted by molar-refractivity contribution is -0.129. The minimum Gasteiger partial charge on any atom is -0.352 e. The van der Waals surface area contributed by atoms with Crippen LogP contribution in [0.4, 0.5) is 0 Å². The van der Waals surface area contributed by atoms with Crippen LogP contribution in [0, 0.1) is 28.6 Å². The van der Waals surface area contributed by atoms with Gasteiger partial charge in [0.1, 0.15) is 0 Å². The Bertz CT molecular complexity index is 418. The van der Waals surface area contributed by atoms with Crippen molar-refractivity contribution >= 4 is 5.91 Å². The molecule has 0 aliphatic heterocycles. The van der Waals surface area contributed by atoms with Gasteiger partial charge < -0.3 is 11.1 Å². The number of fused-ring (bicyclic) bond motifs is 2. The second kappa shape index (κ2) is 4.97. The van der Waals surface area contributed by atoms with Gasteiger partial charge in [0.25, 0.3) is 0 Å². The van der Waals surface area contributed by atoms with Crippen molar-refractivity contribution in [1.82, 2.24) is 5.32 Å². The van der Waals surface area contributed by atoms with Gasteiger partial charge in [-0.3, -0.25) is 4.79 Å². The zero-order chi connectivity index (χ0) is 15.4. The smallest absolute Gasteiger partial charge is 0.223 e. The van der Waals surface area contributed by atoms with Crippen molar-refractivity contribution in [2.24, 2.45) is 34.3 Å². The number of nitrogens with two attached hydrogens (primary N) is 1. The van der Waals surface area contributed by atoms with Crippen molar-refractivity contribution in [3.63, 3.8) is 0 Å². The van der Waals surface area contributed by atoms with Crippen LogP contribution >= 0.6 is 0 Å². The van der Waals surface area contributed by atoms with Crippen LogP contribution in [0.2, 0.25) is 0 Å². The third-order valence-electron chi connectivity index (χ3n) is 6.91.